The second-order valence-electron chi connectivity index (χ2n) is 8.77. The maximum Gasteiger partial charge on any atom is 0.391 e. The number of halogens is 3. The van der Waals surface area contributed by atoms with E-state index in [2.05, 4.69) is 20.3 Å². The molecule has 2 N–H and O–H groups in total. The Labute approximate surface area is 184 Å². The van der Waals surface area contributed by atoms with E-state index in [-0.39, 0.29) is 24.1 Å². The maximum atomic E-state index is 12.7. The van der Waals surface area contributed by atoms with Crippen molar-refractivity contribution in [3.63, 3.8) is 0 Å². The summed E-state index contributed by atoms with van der Waals surface area (Å²) in [4.78, 5) is 13.4. The van der Waals surface area contributed by atoms with E-state index in [9.17, 15) is 18.3 Å². The average molecular weight is 454 g/mol. The molecule has 32 heavy (non-hydrogen) atoms. The Morgan fingerprint density at radius 3 is 2.53 bits per heavy atom. The van der Waals surface area contributed by atoms with Gasteiger partial charge < -0.3 is 19.9 Å². The predicted molar refractivity (Wildman–Crippen MR) is 113 cm³/mol. The van der Waals surface area contributed by atoms with Crippen molar-refractivity contribution in [3.8, 4) is 5.88 Å². The zero-order chi connectivity index (χ0) is 22.7. The number of rotatable bonds is 6. The van der Waals surface area contributed by atoms with Crippen LogP contribution in [0, 0.1) is 0 Å². The molecule has 1 aliphatic carbocycles. The van der Waals surface area contributed by atoms with Crippen LogP contribution in [0.4, 0.5) is 19.1 Å². The topological polar surface area (TPSA) is 89.4 Å². The number of fused-ring (bicyclic) bond motifs is 1. The molecule has 1 aliphatic heterocycles. The number of hydrogen-bond acceptors (Lipinski definition) is 7. The molecule has 2 aliphatic rings. The summed E-state index contributed by atoms with van der Waals surface area (Å²) < 4.78 is 49.7. The molecule has 176 valence electrons. The minimum Gasteiger partial charge on any atom is -0.474 e. The van der Waals surface area contributed by atoms with Crippen LogP contribution in [-0.2, 0) is 4.74 Å². The molecule has 0 unspecified atom stereocenters. The van der Waals surface area contributed by atoms with Crippen LogP contribution in [-0.4, -0.2) is 57.7 Å². The van der Waals surface area contributed by atoms with E-state index in [4.69, 9.17) is 9.47 Å². The number of alkyl halides is 3. The highest BCUT2D eigenvalue weighted by Gasteiger charge is 2.30. The van der Waals surface area contributed by atoms with Gasteiger partial charge in [0.25, 0.3) is 0 Å². The summed E-state index contributed by atoms with van der Waals surface area (Å²) in [6, 6.07) is -0.861. The zero-order valence-electron chi connectivity index (χ0n) is 18.1. The number of aliphatic hydroxyl groups is 1. The highest BCUT2D eigenvalue weighted by molar-refractivity contribution is 5.86. The van der Waals surface area contributed by atoms with Crippen molar-refractivity contribution in [1.29, 1.82) is 0 Å². The maximum absolute atomic E-state index is 12.7. The van der Waals surface area contributed by atoms with Gasteiger partial charge >= 0.3 is 6.18 Å². The number of aromatic nitrogens is 3. The number of nitrogens with one attached hydrogen (secondary N) is 1. The fourth-order valence-corrected chi connectivity index (χ4v) is 4.44. The van der Waals surface area contributed by atoms with Crippen LogP contribution in [0.1, 0.15) is 63.4 Å². The van der Waals surface area contributed by atoms with Gasteiger partial charge in [0.05, 0.1) is 36.6 Å². The third-order valence-electron chi connectivity index (χ3n) is 6.11. The second kappa shape index (κ2) is 9.74. The molecule has 1 saturated heterocycles. The lowest BCUT2D eigenvalue weighted by Crippen LogP contribution is -2.26. The third kappa shape index (κ3) is 5.78. The summed E-state index contributed by atoms with van der Waals surface area (Å²) in [5.41, 5.74) is 1.56. The first-order chi connectivity index (χ1) is 15.3. The van der Waals surface area contributed by atoms with Crippen LogP contribution in [0.5, 0.6) is 5.88 Å². The molecule has 0 spiro atoms. The SMILES string of the molecule is C[C@H](CC(F)(F)F)Nc1ncc2c(OC3CCOCC3)ncc([C@H]3CC[C@H](O)CC3)c2n1. The van der Waals surface area contributed by atoms with Crippen LogP contribution in [0.2, 0.25) is 0 Å². The van der Waals surface area contributed by atoms with Gasteiger partial charge in [0.1, 0.15) is 6.10 Å². The predicted octanol–water partition coefficient (Wildman–Crippen LogP) is 4.35. The number of ether oxygens (including phenoxy) is 2. The molecule has 1 atom stereocenters. The van der Waals surface area contributed by atoms with Gasteiger partial charge in [-0.3, -0.25) is 0 Å². The Bertz CT molecular complexity index is 913. The molecule has 2 aromatic heterocycles. The highest BCUT2D eigenvalue weighted by atomic mass is 19.4. The largest absolute Gasteiger partial charge is 0.474 e. The quantitative estimate of drug-likeness (QED) is 0.671. The molecular weight excluding hydrogens is 425 g/mol. The molecule has 3 heterocycles. The van der Waals surface area contributed by atoms with E-state index in [0.29, 0.717) is 42.8 Å². The number of pyridine rings is 1. The summed E-state index contributed by atoms with van der Waals surface area (Å²) in [5.74, 6) is 0.747. The van der Waals surface area contributed by atoms with Gasteiger partial charge in [-0.15, -0.1) is 0 Å². The fraction of sp³-hybridized carbons (Fsp3) is 0.682. The van der Waals surface area contributed by atoms with Crippen molar-refractivity contribution in [2.24, 2.45) is 0 Å². The van der Waals surface area contributed by atoms with Gasteiger partial charge in [-0.2, -0.15) is 13.2 Å². The van der Waals surface area contributed by atoms with Crippen LogP contribution >= 0.6 is 0 Å². The van der Waals surface area contributed by atoms with E-state index < -0.39 is 18.6 Å². The van der Waals surface area contributed by atoms with Crippen molar-refractivity contribution < 1.29 is 27.8 Å². The Balaban J connectivity index is 1.65. The Morgan fingerprint density at radius 1 is 1.12 bits per heavy atom. The summed E-state index contributed by atoms with van der Waals surface area (Å²) in [7, 11) is 0. The summed E-state index contributed by atoms with van der Waals surface area (Å²) in [6.07, 6.45) is 2.31. The summed E-state index contributed by atoms with van der Waals surface area (Å²) in [6.45, 7) is 2.72. The minimum atomic E-state index is -4.27. The minimum absolute atomic E-state index is 0.0141. The second-order valence-corrected chi connectivity index (χ2v) is 8.77. The number of nitrogens with zero attached hydrogens (tertiary/aromatic N) is 3. The third-order valence-corrected chi connectivity index (χ3v) is 6.11. The highest BCUT2D eigenvalue weighted by Crippen LogP contribution is 2.38. The molecule has 7 nitrogen and oxygen atoms in total. The van der Waals surface area contributed by atoms with E-state index in [0.717, 1.165) is 31.2 Å². The standard InChI is InChI=1S/C22H29F3N4O3/c1-13(10-22(23,24)25)28-21-27-12-18-19(29-21)17(14-2-4-15(30)5-3-14)11-26-20(18)32-16-6-8-31-9-7-16/h11-16,30H,2-10H2,1H3,(H,27,28,29)/t13-,14-,15-/m1/s1. The van der Waals surface area contributed by atoms with Crippen molar-refractivity contribution in [3.05, 3.63) is 18.0 Å². The number of hydrogen-bond donors (Lipinski definition) is 2. The van der Waals surface area contributed by atoms with Crippen LogP contribution in [0.3, 0.4) is 0 Å². The molecule has 2 fully saturated rings. The lowest BCUT2D eigenvalue weighted by Gasteiger charge is -2.27. The lowest BCUT2D eigenvalue weighted by atomic mass is 9.83. The van der Waals surface area contributed by atoms with Crippen molar-refractivity contribution >= 4 is 16.9 Å². The van der Waals surface area contributed by atoms with Crippen LogP contribution in [0.15, 0.2) is 12.4 Å². The molecule has 0 aromatic carbocycles. The first-order valence-electron chi connectivity index (χ1n) is 11.2. The van der Waals surface area contributed by atoms with Gasteiger partial charge in [0.2, 0.25) is 11.8 Å². The van der Waals surface area contributed by atoms with Gasteiger partial charge in [0.15, 0.2) is 0 Å². The van der Waals surface area contributed by atoms with Gasteiger partial charge in [0, 0.05) is 36.8 Å². The Kier molecular flexibility index (Phi) is 6.99. The fourth-order valence-electron chi connectivity index (χ4n) is 4.44. The monoisotopic (exact) mass is 454 g/mol. The Morgan fingerprint density at radius 2 is 1.84 bits per heavy atom. The molecule has 0 radical (unpaired) electrons. The first-order valence-corrected chi connectivity index (χ1v) is 11.2. The normalized spacial score (nSPS) is 23.8. The van der Waals surface area contributed by atoms with E-state index in [1.165, 1.54) is 6.92 Å². The first kappa shape index (κ1) is 23.0. The Hall–Kier alpha value is -2.20. The van der Waals surface area contributed by atoms with E-state index in [1.807, 2.05) is 0 Å². The smallest absolute Gasteiger partial charge is 0.391 e. The van der Waals surface area contributed by atoms with Crippen molar-refractivity contribution in [2.45, 2.75) is 82.2 Å². The van der Waals surface area contributed by atoms with Gasteiger partial charge in [-0.25, -0.2) is 15.0 Å². The zero-order valence-corrected chi connectivity index (χ0v) is 18.1. The molecule has 1 saturated carbocycles. The van der Waals surface area contributed by atoms with E-state index >= 15 is 0 Å². The van der Waals surface area contributed by atoms with Crippen molar-refractivity contribution in [1.82, 2.24) is 15.0 Å². The molecule has 4 rings (SSSR count). The van der Waals surface area contributed by atoms with Crippen LogP contribution in [0.25, 0.3) is 10.9 Å². The summed E-state index contributed by atoms with van der Waals surface area (Å²) >= 11 is 0. The van der Waals surface area contributed by atoms with E-state index in [1.54, 1.807) is 12.4 Å². The van der Waals surface area contributed by atoms with Crippen molar-refractivity contribution in [2.75, 3.05) is 18.5 Å². The number of aliphatic hydroxyl groups excluding tert-OH is 1. The molecule has 2 aromatic rings. The van der Waals surface area contributed by atoms with Crippen LogP contribution < -0.4 is 10.1 Å². The van der Waals surface area contributed by atoms with Gasteiger partial charge in [-0.05, 0) is 38.5 Å². The summed E-state index contributed by atoms with van der Waals surface area (Å²) in [5, 5.41) is 13.3. The van der Waals surface area contributed by atoms with Gasteiger partial charge in [-0.1, -0.05) is 0 Å². The lowest BCUT2D eigenvalue weighted by molar-refractivity contribution is -0.136. The number of anilines is 1. The molecule has 0 bridgehead atoms. The average Bonchev–Trinajstić information content (AvgIpc) is 2.74. The molecule has 10 heteroatoms. The molecule has 0 amide bonds. The molecular formula is C22H29F3N4O3.